The first-order valence-corrected chi connectivity index (χ1v) is 7.10. The Morgan fingerprint density at radius 3 is 2.84 bits per heavy atom. The first-order chi connectivity index (χ1) is 9.16. The molecule has 0 aliphatic carbocycles. The lowest BCUT2D eigenvalue weighted by molar-refractivity contribution is 0.342. The van der Waals surface area contributed by atoms with Gasteiger partial charge in [-0.25, -0.2) is 9.37 Å². The SMILES string of the molecule is Cc1ncsc1CN(C)CCNc1ccccc1F. The van der Waals surface area contributed by atoms with Crippen molar-refractivity contribution in [3.05, 3.63) is 46.2 Å². The standard InChI is InChI=1S/C14H18FN3S/c1-11-14(19-10-17-11)9-18(2)8-7-16-13-6-4-3-5-12(13)15/h3-6,10,16H,7-9H2,1-2H3. The van der Waals surface area contributed by atoms with E-state index in [4.69, 9.17) is 0 Å². The molecule has 2 rings (SSSR count). The van der Waals surface area contributed by atoms with E-state index in [1.54, 1.807) is 23.5 Å². The van der Waals surface area contributed by atoms with Crippen LogP contribution >= 0.6 is 11.3 Å². The van der Waals surface area contributed by atoms with Gasteiger partial charge in [0.2, 0.25) is 0 Å². The minimum absolute atomic E-state index is 0.205. The van der Waals surface area contributed by atoms with Crippen molar-refractivity contribution in [1.29, 1.82) is 0 Å². The lowest BCUT2D eigenvalue weighted by Crippen LogP contribution is -2.24. The summed E-state index contributed by atoms with van der Waals surface area (Å²) in [6, 6.07) is 6.74. The van der Waals surface area contributed by atoms with Gasteiger partial charge in [0.25, 0.3) is 0 Å². The normalized spacial score (nSPS) is 10.9. The summed E-state index contributed by atoms with van der Waals surface area (Å²) in [4.78, 5) is 7.72. The maximum atomic E-state index is 13.4. The van der Waals surface area contributed by atoms with E-state index >= 15 is 0 Å². The number of rotatable bonds is 6. The number of likely N-dealkylation sites (N-methyl/N-ethyl adjacent to an activating group) is 1. The number of thiazole rings is 1. The maximum Gasteiger partial charge on any atom is 0.146 e. The van der Waals surface area contributed by atoms with Crippen LogP contribution in [0, 0.1) is 12.7 Å². The van der Waals surface area contributed by atoms with Crippen molar-refractivity contribution in [1.82, 2.24) is 9.88 Å². The van der Waals surface area contributed by atoms with Gasteiger partial charge in [-0.2, -0.15) is 0 Å². The number of hydrogen-bond acceptors (Lipinski definition) is 4. The van der Waals surface area contributed by atoms with E-state index in [-0.39, 0.29) is 5.82 Å². The third kappa shape index (κ3) is 4.01. The van der Waals surface area contributed by atoms with Crippen LogP contribution in [-0.2, 0) is 6.54 Å². The van der Waals surface area contributed by atoms with Crippen molar-refractivity contribution >= 4 is 17.0 Å². The first kappa shape index (κ1) is 14.0. The fourth-order valence-electron chi connectivity index (χ4n) is 1.79. The fourth-order valence-corrected chi connectivity index (χ4v) is 2.64. The van der Waals surface area contributed by atoms with Gasteiger partial charge in [0, 0.05) is 24.5 Å². The molecule has 0 amide bonds. The molecule has 1 aromatic heterocycles. The number of hydrogen-bond donors (Lipinski definition) is 1. The summed E-state index contributed by atoms with van der Waals surface area (Å²) < 4.78 is 13.4. The van der Waals surface area contributed by atoms with Gasteiger partial charge in [-0.1, -0.05) is 12.1 Å². The number of anilines is 1. The predicted molar refractivity (Wildman–Crippen MR) is 78.1 cm³/mol. The zero-order valence-corrected chi connectivity index (χ0v) is 12.0. The highest BCUT2D eigenvalue weighted by Crippen LogP contribution is 2.14. The molecule has 0 bridgehead atoms. The number of para-hydroxylation sites is 1. The minimum atomic E-state index is -0.205. The van der Waals surface area contributed by atoms with Crippen LogP contribution in [0.4, 0.5) is 10.1 Å². The molecular formula is C14H18FN3S. The molecule has 102 valence electrons. The van der Waals surface area contributed by atoms with Crippen LogP contribution in [-0.4, -0.2) is 30.0 Å². The molecule has 0 radical (unpaired) electrons. The summed E-state index contributed by atoms with van der Waals surface area (Å²) in [5, 5.41) is 3.11. The molecule has 5 heteroatoms. The summed E-state index contributed by atoms with van der Waals surface area (Å²) in [5.41, 5.74) is 3.53. The summed E-state index contributed by atoms with van der Waals surface area (Å²) in [7, 11) is 2.06. The quantitative estimate of drug-likeness (QED) is 0.880. The Balaban J connectivity index is 1.77. The average Bonchev–Trinajstić information content (AvgIpc) is 2.77. The maximum absolute atomic E-state index is 13.4. The summed E-state index contributed by atoms with van der Waals surface area (Å²) >= 11 is 1.68. The number of nitrogens with one attached hydrogen (secondary N) is 1. The monoisotopic (exact) mass is 279 g/mol. The number of aryl methyl sites for hydroxylation is 1. The lowest BCUT2D eigenvalue weighted by Gasteiger charge is -2.17. The Hall–Kier alpha value is -1.46. The van der Waals surface area contributed by atoms with Gasteiger partial charge in [0.15, 0.2) is 0 Å². The molecule has 19 heavy (non-hydrogen) atoms. The lowest BCUT2D eigenvalue weighted by atomic mass is 10.3. The van der Waals surface area contributed by atoms with Crippen LogP contribution in [0.2, 0.25) is 0 Å². The Kier molecular flexibility index (Phi) is 4.87. The highest BCUT2D eigenvalue weighted by Gasteiger charge is 2.06. The van der Waals surface area contributed by atoms with Crippen LogP contribution in [0.5, 0.6) is 0 Å². The molecular weight excluding hydrogens is 261 g/mol. The molecule has 2 aromatic rings. The molecule has 0 unspecified atom stereocenters. The molecule has 0 saturated heterocycles. The molecule has 1 aromatic carbocycles. The molecule has 1 heterocycles. The van der Waals surface area contributed by atoms with E-state index in [1.807, 2.05) is 18.5 Å². The van der Waals surface area contributed by atoms with Crippen molar-refractivity contribution < 1.29 is 4.39 Å². The number of nitrogens with zero attached hydrogens (tertiary/aromatic N) is 2. The summed E-state index contributed by atoms with van der Waals surface area (Å²) in [5.74, 6) is -0.205. The van der Waals surface area contributed by atoms with E-state index in [0.29, 0.717) is 5.69 Å². The number of benzene rings is 1. The zero-order chi connectivity index (χ0) is 13.7. The minimum Gasteiger partial charge on any atom is -0.381 e. The molecule has 1 N–H and O–H groups in total. The number of halogens is 1. The first-order valence-electron chi connectivity index (χ1n) is 6.22. The topological polar surface area (TPSA) is 28.2 Å². The van der Waals surface area contributed by atoms with Crippen LogP contribution in [0.25, 0.3) is 0 Å². The molecule has 0 saturated carbocycles. The highest BCUT2D eigenvalue weighted by molar-refractivity contribution is 7.09. The molecule has 0 fully saturated rings. The molecule has 0 aliphatic rings. The second-order valence-electron chi connectivity index (χ2n) is 4.51. The van der Waals surface area contributed by atoms with Gasteiger partial charge in [-0.15, -0.1) is 11.3 Å². The third-order valence-corrected chi connectivity index (χ3v) is 3.86. The molecule has 0 spiro atoms. The Morgan fingerprint density at radius 1 is 1.37 bits per heavy atom. The second kappa shape index (κ2) is 6.63. The van der Waals surface area contributed by atoms with Gasteiger partial charge in [0.05, 0.1) is 16.9 Å². The largest absolute Gasteiger partial charge is 0.381 e. The van der Waals surface area contributed by atoms with Crippen LogP contribution in [0.15, 0.2) is 29.8 Å². The van der Waals surface area contributed by atoms with E-state index in [2.05, 4.69) is 22.2 Å². The van der Waals surface area contributed by atoms with Gasteiger partial charge in [-0.3, -0.25) is 4.90 Å². The van der Waals surface area contributed by atoms with Crippen molar-refractivity contribution in [3.8, 4) is 0 Å². The highest BCUT2D eigenvalue weighted by atomic mass is 32.1. The predicted octanol–water partition coefficient (Wildman–Crippen LogP) is 3.13. The Labute approximate surface area is 117 Å². The third-order valence-electron chi connectivity index (χ3n) is 2.94. The summed E-state index contributed by atoms with van der Waals surface area (Å²) in [6.07, 6.45) is 0. The van der Waals surface area contributed by atoms with Crippen LogP contribution in [0.1, 0.15) is 10.6 Å². The van der Waals surface area contributed by atoms with E-state index in [1.165, 1.54) is 10.9 Å². The number of aromatic nitrogens is 1. The fraction of sp³-hybridized carbons (Fsp3) is 0.357. The summed E-state index contributed by atoms with van der Waals surface area (Å²) in [6.45, 7) is 4.48. The second-order valence-corrected chi connectivity index (χ2v) is 5.44. The average molecular weight is 279 g/mol. The van der Waals surface area contributed by atoms with Gasteiger partial charge >= 0.3 is 0 Å². The van der Waals surface area contributed by atoms with Gasteiger partial charge in [0.1, 0.15) is 5.82 Å². The van der Waals surface area contributed by atoms with Crippen molar-refractivity contribution in [2.75, 3.05) is 25.5 Å². The van der Waals surface area contributed by atoms with Crippen molar-refractivity contribution in [3.63, 3.8) is 0 Å². The molecule has 0 aliphatic heterocycles. The van der Waals surface area contributed by atoms with E-state index in [9.17, 15) is 4.39 Å². The van der Waals surface area contributed by atoms with Crippen LogP contribution < -0.4 is 5.32 Å². The van der Waals surface area contributed by atoms with Crippen LogP contribution in [0.3, 0.4) is 0 Å². The van der Waals surface area contributed by atoms with Crippen molar-refractivity contribution in [2.45, 2.75) is 13.5 Å². The smallest absolute Gasteiger partial charge is 0.146 e. The Morgan fingerprint density at radius 2 is 2.16 bits per heavy atom. The molecule has 0 atom stereocenters. The van der Waals surface area contributed by atoms with Crippen molar-refractivity contribution in [2.24, 2.45) is 0 Å². The van der Waals surface area contributed by atoms with E-state index < -0.39 is 0 Å². The molecule has 3 nitrogen and oxygen atoms in total. The zero-order valence-electron chi connectivity index (χ0n) is 11.2. The van der Waals surface area contributed by atoms with Gasteiger partial charge < -0.3 is 5.32 Å². The van der Waals surface area contributed by atoms with Gasteiger partial charge in [-0.05, 0) is 26.1 Å². The Bertz CT molecular complexity index is 527. The van der Waals surface area contributed by atoms with E-state index in [0.717, 1.165) is 25.3 Å².